The molecule has 2 bridgehead atoms. The van der Waals surface area contributed by atoms with Gasteiger partial charge in [0.1, 0.15) is 0 Å². The predicted octanol–water partition coefficient (Wildman–Crippen LogP) is 8.51. The number of rotatable bonds is 2. The van der Waals surface area contributed by atoms with E-state index in [-0.39, 0.29) is 0 Å². The molecule has 0 saturated carbocycles. The Hall–Kier alpha value is -2.48. The van der Waals surface area contributed by atoms with E-state index in [2.05, 4.69) is 129 Å². The van der Waals surface area contributed by atoms with Crippen LogP contribution in [0, 0.1) is 0 Å². The molecule has 4 aliphatic rings. The summed E-state index contributed by atoms with van der Waals surface area (Å²) in [5.74, 6) is 0. The van der Waals surface area contributed by atoms with Crippen molar-refractivity contribution in [1.29, 1.82) is 0 Å². The Morgan fingerprint density at radius 2 is 1.43 bits per heavy atom. The monoisotopic (exact) mass is 546 g/mol. The van der Waals surface area contributed by atoms with Crippen LogP contribution in [-0.2, 0) is 24.7 Å². The zero-order valence-electron chi connectivity index (χ0n) is 20.8. The van der Waals surface area contributed by atoms with Crippen molar-refractivity contribution in [2.24, 2.45) is 0 Å². The Morgan fingerprint density at radius 1 is 0.743 bits per heavy atom. The Balaban J connectivity index is 0.000000131. The van der Waals surface area contributed by atoms with Crippen LogP contribution in [0.15, 0.2) is 102 Å². The zero-order valence-corrected chi connectivity index (χ0v) is 24.3. The van der Waals surface area contributed by atoms with E-state index in [0.717, 1.165) is 5.54 Å². The molecule has 8 rings (SSSR count). The van der Waals surface area contributed by atoms with Crippen molar-refractivity contribution in [3.05, 3.63) is 125 Å². The van der Waals surface area contributed by atoms with Crippen molar-refractivity contribution < 1.29 is 24.7 Å². The number of fused-ring (bicyclic) bond motifs is 1. The molecule has 3 heterocycles. The fourth-order valence-electron chi connectivity index (χ4n) is 6.52. The van der Waals surface area contributed by atoms with Crippen molar-refractivity contribution in [3.8, 4) is 16.8 Å². The van der Waals surface area contributed by atoms with Gasteiger partial charge in [0.25, 0.3) is 0 Å². The van der Waals surface area contributed by atoms with Gasteiger partial charge in [0.05, 0.1) is 8.07 Å². The van der Waals surface area contributed by atoms with Crippen LogP contribution in [0.4, 0.5) is 0 Å². The van der Waals surface area contributed by atoms with E-state index in [1.165, 1.54) is 39.1 Å². The molecule has 0 radical (unpaired) electrons. The van der Waals surface area contributed by atoms with Crippen LogP contribution in [0.5, 0.6) is 0 Å². The summed E-state index contributed by atoms with van der Waals surface area (Å²) < 4.78 is 2.94. The minimum atomic E-state index is -1.12. The van der Waals surface area contributed by atoms with Crippen LogP contribution in [-0.4, -0.2) is 12.6 Å². The first-order valence-corrected chi connectivity index (χ1v) is 16.9. The number of hydrogen-bond acceptors (Lipinski definition) is 0. The second-order valence-corrected chi connectivity index (χ2v) is 16.5. The van der Waals surface area contributed by atoms with Gasteiger partial charge in [-0.1, -0.05) is 42.1 Å². The molecular formula is C32H30NSiZr. The van der Waals surface area contributed by atoms with E-state index in [1.54, 1.807) is 41.1 Å². The number of para-hydroxylation sites is 1. The van der Waals surface area contributed by atoms with Crippen molar-refractivity contribution >= 4 is 19.3 Å². The van der Waals surface area contributed by atoms with Crippen LogP contribution in [0.1, 0.15) is 45.3 Å². The molecular weight excluding hydrogens is 518 g/mol. The van der Waals surface area contributed by atoms with Crippen LogP contribution in [0.2, 0.25) is 13.1 Å². The van der Waals surface area contributed by atoms with Gasteiger partial charge in [0.15, 0.2) is 0 Å². The van der Waals surface area contributed by atoms with E-state index in [1.807, 2.05) is 0 Å². The van der Waals surface area contributed by atoms with Gasteiger partial charge in [-0.2, -0.15) is 0 Å². The van der Waals surface area contributed by atoms with Gasteiger partial charge in [0, 0.05) is 23.6 Å². The predicted molar refractivity (Wildman–Crippen MR) is 147 cm³/mol. The molecule has 3 aromatic carbocycles. The van der Waals surface area contributed by atoms with Gasteiger partial charge in [-0.05, 0) is 30.2 Å². The second kappa shape index (κ2) is 8.57. The van der Waals surface area contributed by atoms with Crippen molar-refractivity contribution in [1.82, 2.24) is 4.57 Å². The Morgan fingerprint density at radius 3 is 2.09 bits per heavy atom. The van der Waals surface area contributed by atoms with E-state index < -0.39 is 8.07 Å². The molecule has 1 nitrogen and oxygen atoms in total. The van der Waals surface area contributed by atoms with E-state index >= 15 is 0 Å². The molecule has 4 aromatic rings. The maximum atomic E-state index is 2.51. The van der Waals surface area contributed by atoms with Crippen LogP contribution < -0.4 is 0 Å². The summed E-state index contributed by atoms with van der Waals surface area (Å²) in [4.78, 5) is 0. The topological polar surface area (TPSA) is 4.93 Å². The van der Waals surface area contributed by atoms with Gasteiger partial charge in [-0.3, -0.25) is 0 Å². The number of aromatic nitrogens is 1. The van der Waals surface area contributed by atoms with E-state index in [9.17, 15) is 0 Å². The molecule has 0 amide bonds. The standard InChI is InChI=1S/C16H17NSi.C16H13.Zr/c1-11-15-13-9-17(12-7-5-4-6-8-12)10-14(13)16(11)18(15,2)3;1-12-10-14-8-5-9-15(16(14)11-12)13-6-3-2-4-7-13;/h4-10,15H,1-3H3;2-11H,1H3;. The third-order valence-corrected chi connectivity index (χ3v) is 14.1. The number of allylic oxidation sites excluding steroid dienone is 2. The third kappa shape index (κ3) is 3.59. The molecule has 2 unspecified atom stereocenters. The van der Waals surface area contributed by atoms with Gasteiger partial charge < -0.3 is 4.57 Å². The fourth-order valence-corrected chi connectivity index (χ4v) is 11.7. The quantitative estimate of drug-likeness (QED) is 0.222. The van der Waals surface area contributed by atoms with Crippen molar-refractivity contribution in [2.75, 3.05) is 0 Å². The summed E-state index contributed by atoms with van der Waals surface area (Å²) in [5.41, 5.74) is 13.9. The number of hydrogen-bond donors (Lipinski definition) is 0. The molecule has 2 atom stereocenters. The molecule has 2 aliphatic carbocycles. The summed E-state index contributed by atoms with van der Waals surface area (Å²) in [6.45, 7) is 9.58. The fraction of sp³-hybridized carbons (Fsp3) is 0.188. The molecule has 3 heteroatoms. The summed E-state index contributed by atoms with van der Waals surface area (Å²) in [6.07, 6.45) is 7.05. The molecule has 1 aromatic heterocycles. The first kappa shape index (κ1) is 23.0. The minimum absolute atomic E-state index is 0.654. The maximum absolute atomic E-state index is 2.51. The third-order valence-electron chi connectivity index (χ3n) is 8.05. The zero-order chi connectivity index (χ0) is 24.3. The Labute approximate surface area is 225 Å². The van der Waals surface area contributed by atoms with Crippen molar-refractivity contribution in [3.63, 3.8) is 0 Å². The Bertz CT molecular complexity index is 1490. The number of nitrogens with zero attached hydrogens (tertiary/aromatic N) is 1. The molecule has 171 valence electrons. The van der Waals surface area contributed by atoms with Gasteiger partial charge in [0.2, 0.25) is 0 Å². The first-order valence-electron chi connectivity index (χ1n) is 12.4. The first-order chi connectivity index (χ1) is 16.9. The molecule has 0 N–H and O–H groups in total. The van der Waals surface area contributed by atoms with E-state index in [4.69, 9.17) is 0 Å². The summed E-state index contributed by atoms with van der Waals surface area (Å²) in [6, 6.07) is 28.0. The average molecular weight is 548 g/mol. The SMILES string of the molecule is CC1=C2c3cn(-c4ccccc4)cc3C1[Si]2(C)C.CC1=Cc2c(-c3ccccc3)cccc2[CH]1[Zr]. The molecule has 35 heavy (non-hydrogen) atoms. The molecule has 2 aliphatic heterocycles. The summed E-state index contributed by atoms with van der Waals surface area (Å²) in [7, 11) is -1.12. The van der Waals surface area contributed by atoms with Crippen LogP contribution >= 0.6 is 0 Å². The number of benzene rings is 3. The molecule has 0 spiro atoms. The molecule has 0 fully saturated rings. The van der Waals surface area contributed by atoms with Gasteiger partial charge in [-0.15, -0.1) is 0 Å². The van der Waals surface area contributed by atoms with E-state index in [0.29, 0.717) is 3.63 Å². The summed E-state index contributed by atoms with van der Waals surface area (Å²) in [5, 5.41) is 1.72. The molecule has 0 saturated heterocycles. The normalized spacial score (nSPS) is 20.4. The van der Waals surface area contributed by atoms with Crippen molar-refractivity contribution in [2.45, 2.75) is 36.1 Å². The second-order valence-electron chi connectivity index (χ2n) is 10.6. The Kier molecular flexibility index (Phi) is 5.62. The average Bonchev–Trinajstić information content (AvgIpc) is 3.55. The van der Waals surface area contributed by atoms with Gasteiger partial charge >= 0.3 is 118 Å². The van der Waals surface area contributed by atoms with Gasteiger partial charge in [-0.25, -0.2) is 0 Å². The van der Waals surface area contributed by atoms with Crippen LogP contribution in [0.25, 0.3) is 28.1 Å². The van der Waals surface area contributed by atoms with Crippen LogP contribution in [0.3, 0.4) is 0 Å². The summed E-state index contributed by atoms with van der Waals surface area (Å²) >= 11 is 1.58.